The number of ether oxygens (including phenoxy) is 1. The number of likely N-dealkylation sites (tertiary alicyclic amines) is 1. The molecular weight excluding hydrogens is 475 g/mol. The molecule has 0 aliphatic carbocycles. The molecule has 34 heavy (non-hydrogen) atoms. The number of nitrogens with one attached hydrogen (secondary N) is 1. The van der Waals surface area contributed by atoms with Crippen LogP contribution in [0.15, 0.2) is 48.0 Å². The molecule has 3 rings (SSSR count). The van der Waals surface area contributed by atoms with Crippen LogP contribution in [0.3, 0.4) is 0 Å². The highest BCUT2D eigenvalue weighted by atomic mass is 35.5. The number of rotatable bonds is 10. The number of carbonyl (C=O) groups is 2. The van der Waals surface area contributed by atoms with Crippen molar-refractivity contribution in [2.45, 2.75) is 33.2 Å². The zero-order valence-electron chi connectivity index (χ0n) is 19.7. The molecule has 0 bridgehead atoms. The second kappa shape index (κ2) is 11.7. The van der Waals surface area contributed by atoms with Crippen molar-refractivity contribution in [3.8, 4) is 5.75 Å². The zero-order chi connectivity index (χ0) is 24.8. The lowest BCUT2D eigenvalue weighted by atomic mass is 9.95. The minimum absolute atomic E-state index is 0.0669. The summed E-state index contributed by atoms with van der Waals surface area (Å²) in [5.74, 6) is -1.49. The van der Waals surface area contributed by atoms with Crippen LogP contribution in [0.25, 0.3) is 5.76 Å². The molecule has 1 aliphatic rings. The number of ketones is 1. The predicted molar refractivity (Wildman–Crippen MR) is 132 cm³/mol. The Kier molecular flexibility index (Phi) is 9.00. The SMILES string of the molecule is CCOc1ccc(C([O-])=C2C(=O)C(=O)N(CCC[NH+](CC)CC)C2c2ccc(Cl)cc2)cc1Cl. The van der Waals surface area contributed by atoms with Gasteiger partial charge in [-0.25, -0.2) is 0 Å². The van der Waals surface area contributed by atoms with Gasteiger partial charge in [0.2, 0.25) is 5.78 Å². The smallest absolute Gasteiger partial charge is 0.295 e. The lowest BCUT2D eigenvalue weighted by Gasteiger charge is -2.28. The fourth-order valence-corrected chi connectivity index (χ4v) is 4.63. The largest absolute Gasteiger partial charge is 0.872 e. The summed E-state index contributed by atoms with van der Waals surface area (Å²) < 4.78 is 5.44. The second-order valence-corrected chi connectivity index (χ2v) is 9.01. The normalized spacial score (nSPS) is 17.6. The highest BCUT2D eigenvalue weighted by Crippen LogP contribution is 2.39. The number of benzene rings is 2. The van der Waals surface area contributed by atoms with Crippen LogP contribution in [0.5, 0.6) is 5.75 Å². The van der Waals surface area contributed by atoms with Crippen LogP contribution >= 0.6 is 23.2 Å². The van der Waals surface area contributed by atoms with Gasteiger partial charge in [0, 0.05) is 23.6 Å². The van der Waals surface area contributed by atoms with Crippen LogP contribution in [0, 0.1) is 0 Å². The number of Topliss-reactive ketones (excluding diaryl/α,β-unsaturated/α-hetero) is 1. The molecule has 2 aromatic carbocycles. The first kappa shape index (κ1) is 26.1. The summed E-state index contributed by atoms with van der Waals surface area (Å²) in [5.41, 5.74) is 0.833. The molecule has 8 heteroatoms. The van der Waals surface area contributed by atoms with Crippen molar-refractivity contribution in [1.82, 2.24) is 4.90 Å². The van der Waals surface area contributed by atoms with Gasteiger partial charge in [0.1, 0.15) is 5.75 Å². The van der Waals surface area contributed by atoms with Crippen LogP contribution < -0.4 is 14.7 Å². The molecule has 1 N–H and O–H groups in total. The monoisotopic (exact) mass is 504 g/mol. The summed E-state index contributed by atoms with van der Waals surface area (Å²) in [4.78, 5) is 29.1. The van der Waals surface area contributed by atoms with Gasteiger partial charge in [-0.15, -0.1) is 0 Å². The molecule has 1 aliphatic heterocycles. The van der Waals surface area contributed by atoms with Crippen molar-refractivity contribution in [2.75, 3.05) is 32.8 Å². The van der Waals surface area contributed by atoms with E-state index < -0.39 is 23.5 Å². The third-order valence-electron chi connectivity index (χ3n) is 6.14. The van der Waals surface area contributed by atoms with E-state index in [-0.39, 0.29) is 16.2 Å². The predicted octanol–water partition coefficient (Wildman–Crippen LogP) is 2.93. The van der Waals surface area contributed by atoms with E-state index in [1.807, 2.05) is 6.92 Å². The average molecular weight is 505 g/mol. The maximum Gasteiger partial charge on any atom is 0.295 e. The second-order valence-electron chi connectivity index (χ2n) is 8.16. The van der Waals surface area contributed by atoms with E-state index in [4.69, 9.17) is 27.9 Å². The lowest BCUT2D eigenvalue weighted by molar-refractivity contribution is -0.896. The Labute approximate surface area is 210 Å². The molecule has 1 fully saturated rings. The number of hydrogen-bond donors (Lipinski definition) is 1. The van der Waals surface area contributed by atoms with Gasteiger partial charge in [-0.3, -0.25) is 9.59 Å². The van der Waals surface area contributed by atoms with Crippen molar-refractivity contribution < 1.29 is 24.3 Å². The first-order chi connectivity index (χ1) is 16.3. The number of halogens is 2. The molecule has 2 aromatic rings. The zero-order valence-corrected chi connectivity index (χ0v) is 21.2. The standard InChI is InChI=1S/C26H30Cl2N2O4/c1-4-29(5-2)14-7-15-30-23(17-8-11-19(27)12-9-17)22(25(32)26(30)33)24(31)18-10-13-21(34-6-3)20(28)16-18/h8-13,16,23,31H,4-7,14-15H2,1-3H3. The Bertz CT molecular complexity index is 1060. The molecule has 1 atom stereocenters. The number of amides is 1. The summed E-state index contributed by atoms with van der Waals surface area (Å²) in [5, 5.41) is 14.3. The number of carbonyl (C=O) groups excluding carboxylic acids is 2. The van der Waals surface area contributed by atoms with E-state index in [0.717, 1.165) is 26.1 Å². The molecule has 0 radical (unpaired) electrons. The van der Waals surface area contributed by atoms with Crippen molar-refractivity contribution >= 4 is 40.7 Å². The fraction of sp³-hybridized carbons (Fsp3) is 0.385. The molecule has 1 heterocycles. The maximum atomic E-state index is 13.5. The van der Waals surface area contributed by atoms with E-state index in [2.05, 4.69) is 13.8 Å². The third kappa shape index (κ3) is 5.57. The molecular formula is C26H30Cl2N2O4. The van der Waals surface area contributed by atoms with Crippen molar-refractivity contribution in [2.24, 2.45) is 0 Å². The molecule has 0 spiro atoms. The Hall–Kier alpha value is -2.54. The third-order valence-corrected chi connectivity index (χ3v) is 6.69. The summed E-state index contributed by atoms with van der Waals surface area (Å²) in [6, 6.07) is 10.8. The first-order valence-electron chi connectivity index (χ1n) is 11.6. The van der Waals surface area contributed by atoms with Gasteiger partial charge >= 0.3 is 0 Å². The Morgan fingerprint density at radius 3 is 2.32 bits per heavy atom. The molecule has 1 saturated heterocycles. The average Bonchev–Trinajstić information content (AvgIpc) is 3.08. The van der Waals surface area contributed by atoms with Gasteiger partial charge in [0.15, 0.2) is 0 Å². The molecule has 182 valence electrons. The maximum absolute atomic E-state index is 13.5. The van der Waals surface area contributed by atoms with Crippen LogP contribution in [0.1, 0.15) is 44.4 Å². The summed E-state index contributed by atoms with van der Waals surface area (Å²) in [6.45, 7) is 9.72. The molecule has 0 saturated carbocycles. The van der Waals surface area contributed by atoms with Gasteiger partial charge in [-0.1, -0.05) is 47.2 Å². The van der Waals surface area contributed by atoms with E-state index >= 15 is 0 Å². The molecule has 6 nitrogen and oxygen atoms in total. The minimum atomic E-state index is -0.776. The fourth-order valence-electron chi connectivity index (χ4n) is 4.27. The first-order valence-corrected chi connectivity index (χ1v) is 12.4. The highest BCUT2D eigenvalue weighted by Gasteiger charge is 2.44. The summed E-state index contributed by atoms with van der Waals surface area (Å²) in [7, 11) is 0. The number of quaternary nitrogens is 1. The summed E-state index contributed by atoms with van der Waals surface area (Å²) >= 11 is 12.3. The topological polar surface area (TPSA) is 74.1 Å². The minimum Gasteiger partial charge on any atom is -0.872 e. The molecule has 0 aromatic heterocycles. The number of hydrogen-bond acceptors (Lipinski definition) is 4. The van der Waals surface area contributed by atoms with Crippen molar-refractivity contribution in [3.05, 3.63) is 69.2 Å². The van der Waals surface area contributed by atoms with E-state index in [1.165, 1.54) is 15.9 Å². The van der Waals surface area contributed by atoms with Crippen molar-refractivity contribution in [3.63, 3.8) is 0 Å². The lowest BCUT2D eigenvalue weighted by Crippen LogP contribution is -3.11. The molecule has 1 unspecified atom stereocenters. The number of nitrogens with zero attached hydrogens (tertiary/aromatic N) is 1. The van der Waals surface area contributed by atoms with E-state index in [9.17, 15) is 14.7 Å². The van der Waals surface area contributed by atoms with Gasteiger partial charge in [-0.05, 0) is 56.2 Å². The van der Waals surface area contributed by atoms with E-state index in [0.29, 0.717) is 29.5 Å². The van der Waals surface area contributed by atoms with E-state index in [1.54, 1.807) is 36.4 Å². The molecule has 1 amide bonds. The highest BCUT2D eigenvalue weighted by molar-refractivity contribution is 6.46. The van der Waals surface area contributed by atoms with Gasteiger partial charge in [-0.2, -0.15) is 0 Å². The van der Waals surface area contributed by atoms with Crippen LogP contribution in [0.2, 0.25) is 10.0 Å². The Balaban J connectivity index is 2.03. The Morgan fingerprint density at radius 2 is 1.74 bits per heavy atom. The summed E-state index contributed by atoms with van der Waals surface area (Å²) in [6.07, 6.45) is 0.719. The van der Waals surface area contributed by atoms with Crippen LogP contribution in [-0.4, -0.2) is 49.4 Å². The van der Waals surface area contributed by atoms with Gasteiger partial charge in [0.25, 0.3) is 5.91 Å². The van der Waals surface area contributed by atoms with Crippen LogP contribution in [0.4, 0.5) is 0 Å². The van der Waals surface area contributed by atoms with Gasteiger partial charge in [0.05, 0.1) is 37.3 Å². The van der Waals surface area contributed by atoms with Crippen molar-refractivity contribution in [1.29, 1.82) is 0 Å². The van der Waals surface area contributed by atoms with Gasteiger partial charge < -0.3 is 19.6 Å². The quantitative estimate of drug-likeness (QED) is 0.306. The Morgan fingerprint density at radius 1 is 1.06 bits per heavy atom. The van der Waals surface area contributed by atoms with Crippen LogP contribution in [-0.2, 0) is 9.59 Å².